The van der Waals surface area contributed by atoms with Gasteiger partial charge in [-0.05, 0) is 22.3 Å². The van der Waals surface area contributed by atoms with Crippen LogP contribution in [-0.2, 0) is 0 Å². The Morgan fingerprint density at radius 3 is 1.83 bits per heavy atom. The van der Waals surface area contributed by atoms with Crippen LogP contribution in [0.15, 0.2) is 48.5 Å². The molecule has 2 aromatic carbocycles. The van der Waals surface area contributed by atoms with Crippen LogP contribution in [0.2, 0.25) is 0 Å². The highest BCUT2D eigenvalue weighted by Gasteiger charge is 2.48. The molecular weight excluding hydrogens is 263 g/mol. The second-order valence-corrected chi connectivity index (χ2v) is 6.08. The van der Waals surface area contributed by atoms with Crippen molar-refractivity contribution in [2.75, 3.05) is 0 Å². The van der Waals surface area contributed by atoms with Gasteiger partial charge in [0.25, 0.3) is 0 Å². The fourth-order valence-electron chi connectivity index (χ4n) is 3.54. The molecule has 2 aliphatic rings. The maximum absolute atomic E-state index is 6.68. The third-order valence-electron chi connectivity index (χ3n) is 4.30. The number of alkyl halides is 2. The molecule has 2 aliphatic carbocycles. The van der Waals surface area contributed by atoms with Crippen molar-refractivity contribution in [2.24, 2.45) is 0 Å². The van der Waals surface area contributed by atoms with Gasteiger partial charge < -0.3 is 0 Å². The van der Waals surface area contributed by atoms with E-state index in [4.69, 9.17) is 23.2 Å². The summed E-state index contributed by atoms with van der Waals surface area (Å²) in [5, 5.41) is 0.0726. The molecule has 0 aliphatic heterocycles. The van der Waals surface area contributed by atoms with E-state index in [0.29, 0.717) is 5.92 Å². The van der Waals surface area contributed by atoms with Gasteiger partial charge in [-0.25, -0.2) is 0 Å². The lowest BCUT2D eigenvalue weighted by Crippen LogP contribution is -2.24. The first-order chi connectivity index (χ1) is 8.79. The van der Waals surface area contributed by atoms with E-state index >= 15 is 0 Å². The molecule has 18 heavy (non-hydrogen) atoms. The molecule has 4 atom stereocenters. The van der Waals surface area contributed by atoms with Crippen molar-refractivity contribution in [2.45, 2.75) is 22.6 Å². The predicted octanol–water partition coefficient (Wildman–Crippen LogP) is 4.82. The standard InChI is InChI=1S/C16H12Cl2/c17-15-12-8-4-3-7-11(12)13-9-5-1-2-6-10(9)14(15)16(13)18/h1-8,13-16H/t13-,14-,15+,16-/m1/s1. The van der Waals surface area contributed by atoms with Gasteiger partial charge in [0.15, 0.2) is 0 Å². The average molecular weight is 275 g/mol. The number of halogens is 2. The molecule has 0 radical (unpaired) electrons. The molecule has 0 nitrogen and oxygen atoms in total. The molecule has 0 aromatic heterocycles. The summed E-state index contributed by atoms with van der Waals surface area (Å²) in [4.78, 5) is 0. The summed E-state index contributed by atoms with van der Waals surface area (Å²) in [6.07, 6.45) is 0. The van der Waals surface area contributed by atoms with Crippen molar-refractivity contribution >= 4 is 23.2 Å². The highest BCUT2D eigenvalue weighted by molar-refractivity contribution is 6.26. The van der Waals surface area contributed by atoms with Crippen LogP contribution in [0.1, 0.15) is 39.5 Å². The van der Waals surface area contributed by atoms with Crippen LogP contribution in [0.4, 0.5) is 0 Å². The molecule has 4 rings (SSSR count). The summed E-state index contributed by atoms with van der Waals surface area (Å²) in [6, 6.07) is 17.0. The monoisotopic (exact) mass is 274 g/mol. The maximum atomic E-state index is 6.68. The quantitative estimate of drug-likeness (QED) is 0.605. The minimum atomic E-state index is -0.0106. The van der Waals surface area contributed by atoms with E-state index in [1.54, 1.807) is 0 Å². The summed E-state index contributed by atoms with van der Waals surface area (Å²) >= 11 is 13.4. The zero-order valence-electron chi connectivity index (χ0n) is 9.68. The van der Waals surface area contributed by atoms with E-state index in [0.717, 1.165) is 0 Å². The lowest BCUT2D eigenvalue weighted by molar-refractivity contribution is 0.586. The molecule has 2 aromatic rings. The molecule has 0 spiro atoms. The van der Waals surface area contributed by atoms with Crippen LogP contribution in [0, 0.1) is 0 Å². The molecule has 2 bridgehead atoms. The molecule has 0 saturated heterocycles. The Balaban J connectivity index is 2.04. The largest absolute Gasteiger partial charge is 0.121 e. The van der Waals surface area contributed by atoms with Gasteiger partial charge in [0, 0.05) is 11.8 Å². The van der Waals surface area contributed by atoms with Gasteiger partial charge >= 0.3 is 0 Å². The van der Waals surface area contributed by atoms with E-state index in [-0.39, 0.29) is 16.7 Å². The van der Waals surface area contributed by atoms with Gasteiger partial charge in [0.1, 0.15) is 0 Å². The van der Waals surface area contributed by atoms with E-state index in [1.807, 2.05) is 0 Å². The SMILES string of the molecule is Cl[C@@H]1[C@@H]2c3ccccc3[C@@H]1[C@@H](Cl)c1ccccc12. The summed E-state index contributed by atoms with van der Waals surface area (Å²) < 4.78 is 0. The first-order valence-electron chi connectivity index (χ1n) is 6.25. The summed E-state index contributed by atoms with van der Waals surface area (Å²) in [7, 11) is 0. The van der Waals surface area contributed by atoms with Crippen molar-refractivity contribution in [3.8, 4) is 0 Å². The van der Waals surface area contributed by atoms with Crippen LogP contribution in [0.25, 0.3) is 0 Å². The Bertz CT molecular complexity index is 620. The molecule has 0 amide bonds. The first-order valence-corrected chi connectivity index (χ1v) is 7.12. The van der Waals surface area contributed by atoms with Crippen LogP contribution in [0.5, 0.6) is 0 Å². The number of hydrogen-bond donors (Lipinski definition) is 0. The van der Waals surface area contributed by atoms with E-state index in [1.165, 1.54) is 22.3 Å². The van der Waals surface area contributed by atoms with Gasteiger partial charge in [-0.1, -0.05) is 48.5 Å². The first kappa shape index (κ1) is 10.9. The fourth-order valence-corrected chi connectivity index (χ4v) is 4.66. The predicted molar refractivity (Wildman–Crippen MR) is 75.7 cm³/mol. The minimum absolute atomic E-state index is 0.0106. The van der Waals surface area contributed by atoms with Crippen molar-refractivity contribution in [3.63, 3.8) is 0 Å². The Kier molecular flexibility index (Phi) is 2.27. The Morgan fingerprint density at radius 1 is 0.667 bits per heavy atom. The lowest BCUT2D eigenvalue weighted by Gasteiger charge is -2.32. The molecule has 0 saturated carbocycles. The molecule has 0 heterocycles. The van der Waals surface area contributed by atoms with Crippen LogP contribution in [0.3, 0.4) is 0 Å². The number of hydrogen-bond acceptors (Lipinski definition) is 0. The van der Waals surface area contributed by atoms with Crippen molar-refractivity contribution < 1.29 is 0 Å². The highest BCUT2D eigenvalue weighted by atomic mass is 35.5. The highest BCUT2D eigenvalue weighted by Crippen LogP contribution is 2.59. The summed E-state index contributed by atoms with van der Waals surface area (Å²) in [6.45, 7) is 0. The Labute approximate surface area is 117 Å². The number of benzene rings is 2. The van der Waals surface area contributed by atoms with Crippen molar-refractivity contribution in [1.82, 2.24) is 0 Å². The molecule has 90 valence electrons. The molecule has 0 N–H and O–H groups in total. The zero-order chi connectivity index (χ0) is 12.3. The third-order valence-corrected chi connectivity index (χ3v) is 5.33. The van der Waals surface area contributed by atoms with E-state index < -0.39 is 0 Å². The second kappa shape index (κ2) is 3.76. The minimum Gasteiger partial charge on any atom is -0.121 e. The number of fused-ring (bicyclic) bond motifs is 7. The topological polar surface area (TPSA) is 0 Å². The molecule has 0 unspecified atom stereocenters. The second-order valence-electron chi connectivity index (χ2n) is 5.11. The lowest BCUT2D eigenvalue weighted by atomic mass is 9.80. The molecule has 2 heteroatoms. The Hall–Kier alpha value is -0.980. The van der Waals surface area contributed by atoms with Crippen LogP contribution >= 0.6 is 23.2 Å². The van der Waals surface area contributed by atoms with Crippen molar-refractivity contribution in [1.29, 1.82) is 0 Å². The molecular formula is C16H12Cl2. The van der Waals surface area contributed by atoms with Crippen LogP contribution in [-0.4, -0.2) is 5.38 Å². The zero-order valence-corrected chi connectivity index (χ0v) is 11.2. The molecule has 0 fully saturated rings. The summed E-state index contributed by atoms with van der Waals surface area (Å²) in [5.74, 6) is 0.545. The Morgan fingerprint density at radius 2 is 1.17 bits per heavy atom. The average Bonchev–Trinajstić information content (AvgIpc) is 2.63. The maximum Gasteiger partial charge on any atom is 0.0671 e. The van der Waals surface area contributed by atoms with Gasteiger partial charge in [0.05, 0.1) is 10.8 Å². The number of rotatable bonds is 0. The van der Waals surface area contributed by atoms with Gasteiger partial charge in [-0.2, -0.15) is 0 Å². The van der Waals surface area contributed by atoms with Crippen LogP contribution < -0.4 is 0 Å². The smallest absolute Gasteiger partial charge is 0.0671 e. The normalized spacial score (nSPS) is 31.9. The van der Waals surface area contributed by atoms with Gasteiger partial charge in [0.2, 0.25) is 0 Å². The fraction of sp³-hybridized carbons (Fsp3) is 0.250. The summed E-state index contributed by atoms with van der Waals surface area (Å²) in [5.41, 5.74) is 5.25. The van der Waals surface area contributed by atoms with E-state index in [2.05, 4.69) is 48.5 Å². The third kappa shape index (κ3) is 1.23. The van der Waals surface area contributed by atoms with Gasteiger partial charge in [-0.15, -0.1) is 23.2 Å². The van der Waals surface area contributed by atoms with Gasteiger partial charge in [-0.3, -0.25) is 0 Å². The van der Waals surface area contributed by atoms with E-state index in [9.17, 15) is 0 Å². The van der Waals surface area contributed by atoms with Crippen molar-refractivity contribution in [3.05, 3.63) is 70.8 Å².